The number of rotatable bonds is 5. The largest absolute Gasteiger partial charge is 0.489 e. The third-order valence-electron chi connectivity index (χ3n) is 3.61. The molecule has 0 bridgehead atoms. The molecule has 0 saturated carbocycles. The maximum atomic E-state index is 12.4. The highest BCUT2D eigenvalue weighted by Crippen LogP contribution is 2.18. The lowest BCUT2D eigenvalue weighted by molar-refractivity contribution is 0.102. The molecule has 1 aromatic heterocycles. The molecule has 1 amide bonds. The Morgan fingerprint density at radius 1 is 1.15 bits per heavy atom. The molecule has 5 nitrogen and oxygen atoms in total. The average Bonchev–Trinajstić information content (AvgIpc) is 2.68. The Hall–Kier alpha value is -3.36. The summed E-state index contributed by atoms with van der Waals surface area (Å²) in [6.07, 6.45) is 1.49. The minimum Gasteiger partial charge on any atom is -0.489 e. The van der Waals surface area contributed by atoms with E-state index in [-0.39, 0.29) is 12.5 Å². The van der Waals surface area contributed by atoms with Crippen molar-refractivity contribution in [2.75, 3.05) is 5.32 Å². The summed E-state index contributed by atoms with van der Waals surface area (Å²) in [5.74, 6) is 0.261. The van der Waals surface area contributed by atoms with Gasteiger partial charge in [-0.25, -0.2) is 4.98 Å². The van der Waals surface area contributed by atoms with Crippen LogP contribution in [0.2, 0.25) is 5.15 Å². The van der Waals surface area contributed by atoms with Gasteiger partial charge >= 0.3 is 0 Å². The number of anilines is 1. The lowest BCUT2D eigenvalue weighted by atomic mass is 10.1. The number of pyridine rings is 1. The quantitative estimate of drug-likeness (QED) is 0.680. The standard InChI is InChI=1S/C20H14ClN3O2/c21-19-9-8-17(12-23-19)24-20(25)14-6-3-7-18(10-14)26-13-16-5-2-1-4-15(16)11-22/h1-10,12H,13H2,(H,24,25). The molecular formula is C20H14ClN3O2. The Morgan fingerprint density at radius 2 is 2.00 bits per heavy atom. The number of carbonyl (C=O) groups is 1. The maximum Gasteiger partial charge on any atom is 0.255 e. The lowest BCUT2D eigenvalue weighted by Crippen LogP contribution is -2.12. The summed E-state index contributed by atoms with van der Waals surface area (Å²) >= 11 is 5.73. The fourth-order valence-electron chi connectivity index (χ4n) is 2.30. The van der Waals surface area contributed by atoms with Gasteiger partial charge in [0.25, 0.3) is 5.91 Å². The average molecular weight is 364 g/mol. The Balaban J connectivity index is 1.68. The zero-order chi connectivity index (χ0) is 18.4. The first-order valence-corrected chi connectivity index (χ1v) is 8.17. The fourth-order valence-corrected chi connectivity index (χ4v) is 2.41. The first-order valence-electron chi connectivity index (χ1n) is 7.79. The van der Waals surface area contributed by atoms with Crippen LogP contribution in [0.3, 0.4) is 0 Å². The van der Waals surface area contributed by atoms with Gasteiger partial charge in [-0.1, -0.05) is 35.9 Å². The zero-order valence-corrected chi connectivity index (χ0v) is 14.4. The molecule has 1 N–H and O–H groups in total. The van der Waals surface area contributed by atoms with Crippen LogP contribution in [0.15, 0.2) is 66.9 Å². The number of nitrogens with zero attached hydrogens (tertiary/aromatic N) is 2. The predicted octanol–water partition coefficient (Wildman–Crippen LogP) is 4.44. The van der Waals surface area contributed by atoms with Gasteiger partial charge < -0.3 is 10.1 Å². The highest BCUT2D eigenvalue weighted by Gasteiger charge is 2.08. The summed E-state index contributed by atoms with van der Waals surface area (Å²) in [6, 6.07) is 19.5. The van der Waals surface area contributed by atoms with Gasteiger partial charge in [0.1, 0.15) is 17.5 Å². The number of nitriles is 1. The molecule has 0 unspecified atom stereocenters. The Kier molecular flexibility index (Phi) is 5.47. The van der Waals surface area contributed by atoms with Crippen LogP contribution in [0.25, 0.3) is 0 Å². The van der Waals surface area contributed by atoms with Crippen LogP contribution in [0, 0.1) is 11.3 Å². The topological polar surface area (TPSA) is 75.0 Å². The number of hydrogen-bond donors (Lipinski definition) is 1. The molecule has 3 aromatic rings. The summed E-state index contributed by atoms with van der Waals surface area (Å²) in [7, 11) is 0. The van der Waals surface area contributed by atoms with E-state index in [1.807, 2.05) is 12.1 Å². The maximum absolute atomic E-state index is 12.4. The minimum atomic E-state index is -0.281. The van der Waals surface area contributed by atoms with E-state index in [1.165, 1.54) is 6.20 Å². The van der Waals surface area contributed by atoms with Gasteiger partial charge in [-0.3, -0.25) is 4.79 Å². The second-order valence-electron chi connectivity index (χ2n) is 5.41. The third-order valence-corrected chi connectivity index (χ3v) is 3.84. The summed E-state index contributed by atoms with van der Waals surface area (Å²) in [6.45, 7) is 0.246. The zero-order valence-electron chi connectivity index (χ0n) is 13.6. The van der Waals surface area contributed by atoms with Gasteiger partial charge in [-0.2, -0.15) is 5.26 Å². The second-order valence-corrected chi connectivity index (χ2v) is 5.80. The highest BCUT2D eigenvalue weighted by molar-refractivity contribution is 6.29. The van der Waals surface area contributed by atoms with Crippen LogP contribution in [-0.2, 0) is 6.61 Å². The van der Waals surface area contributed by atoms with Crippen LogP contribution in [0.1, 0.15) is 21.5 Å². The Labute approximate surface area is 155 Å². The van der Waals surface area contributed by atoms with Crippen molar-refractivity contribution in [3.8, 4) is 11.8 Å². The van der Waals surface area contributed by atoms with Crippen molar-refractivity contribution >= 4 is 23.2 Å². The number of carbonyl (C=O) groups excluding carboxylic acids is 1. The molecule has 0 atom stereocenters. The van der Waals surface area contributed by atoms with E-state index < -0.39 is 0 Å². The SMILES string of the molecule is N#Cc1ccccc1COc1cccc(C(=O)Nc2ccc(Cl)nc2)c1. The van der Waals surface area contributed by atoms with Crippen molar-refractivity contribution in [3.63, 3.8) is 0 Å². The predicted molar refractivity (Wildman–Crippen MR) is 99.1 cm³/mol. The lowest BCUT2D eigenvalue weighted by Gasteiger charge is -2.09. The van der Waals surface area contributed by atoms with Gasteiger partial charge in [-0.15, -0.1) is 0 Å². The Bertz CT molecular complexity index is 965. The van der Waals surface area contributed by atoms with Crippen LogP contribution >= 0.6 is 11.6 Å². The molecule has 6 heteroatoms. The molecule has 0 radical (unpaired) electrons. The monoisotopic (exact) mass is 363 g/mol. The van der Waals surface area contributed by atoms with Gasteiger partial charge in [0.15, 0.2) is 0 Å². The van der Waals surface area contributed by atoms with E-state index in [2.05, 4.69) is 16.4 Å². The molecule has 3 rings (SSSR count). The number of ether oxygens (including phenoxy) is 1. The van der Waals surface area contributed by atoms with Gasteiger partial charge in [-0.05, 0) is 36.4 Å². The molecule has 1 heterocycles. The van der Waals surface area contributed by atoms with Crippen molar-refractivity contribution in [3.05, 3.63) is 88.7 Å². The smallest absolute Gasteiger partial charge is 0.255 e. The van der Waals surface area contributed by atoms with Crippen molar-refractivity contribution in [2.45, 2.75) is 6.61 Å². The van der Waals surface area contributed by atoms with Crippen LogP contribution < -0.4 is 10.1 Å². The first kappa shape index (κ1) is 17.5. The number of halogens is 1. The summed E-state index contributed by atoms with van der Waals surface area (Å²) in [5, 5.41) is 12.2. The van der Waals surface area contributed by atoms with E-state index in [0.29, 0.717) is 27.7 Å². The fraction of sp³-hybridized carbons (Fsp3) is 0.0500. The molecule has 2 aromatic carbocycles. The van der Waals surface area contributed by atoms with Crippen molar-refractivity contribution in [1.82, 2.24) is 4.98 Å². The molecule has 0 aliphatic rings. The number of benzene rings is 2. The summed E-state index contributed by atoms with van der Waals surface area (Å²) < 4.78 is 5.73. The van der Waals surface area contributed by atoms with Crippen LogP contribution in [0.4, 0.5) is 5.69 Å². The normalized spacial score (nSPS) is 10.0. The third kappa shape index (κ3) is 4.38. The van der Waals surface area contributed by atoms with Crippen LogP contribution in [-0.4, -0.2) is 10.9 Å². The minimum absolute atomic E-state index is 0.246. The second kappa shape index (κ2) is 8.15. The molecule has 0 aliphatic heterocycles. The number of amides is 1. The van der Waals surface area contributed by atoms with Crippen molar-refractivity contribution in [2.24, 2.45) is 0 Å². The molecule has 0 fully saturated rings. The first-order chi connectivity index (χ1) is 12.7. The Morgan fingerprint density at radius 3 is 2.77 bits per heavy atom. The highest BCUT2D eigenvalue weighted by atomic mass is 35.5. The van der Waals surface area contributed by atoms with Gasteiger partial charge in [0, 0.05) is 11.1 Å². The van der Waals surface area contributed by atoms with E-state index in [9.17, 15) is 4.79 Å². The number of hydrogen-bond acceptors (Lipinski definition) is 4. The van der Waals surface area contributed by atoms with Crippen molar-refractivity contribution in [1.29, 1.82) is 5.26 Å². The van der Waals surface area contributed by atoms with E-state index in [1.54, 1.807) is 48.5 Å². The molecular weight excluding hydrogens is 350 g/mol. The van der Waals surface area contributed by atoms with E-state index >= 15 is 0 Å². The number of nitrogens with one attached hydrogen (secondary N) is 1. The van der Waals surface area contributed by atoms with Gasteiger partial charge in [0.05, 0.1) is 23.5 Å². The summed E-state index contributed by atoms with van der Waals surface area (Å²) in [4.78, 5) is 16.3. The summed E-state index contributed by atoms with van der Waals surface area (Å²) in [5.41, 5.74) is 2.36. The number of aromatic nitrogens is 1. The van der Waals surface area contributed by atoms with Crippen LogP contribution in [0.5, 0.6) is 5.75 Å². The molecule has 26 heavy (non-hydrogen) atoms. The van der Waals surface area contributed by atoms with E-state index in [0.717, 1.165) is 5.56 Å². The molecule has 0 spiro atoms. The molecule has 0 aliphatic carbocycles. The molecule has 128 valence electrons. The van der Waals surface area contributed by atoms with E-state index in [4.69, 9.17) is 21.6 Å². The molecule has 0 saturated heterocycles. The van der Waals surface area contributed by atoms with Gasteiger partial charge in [0.2, 0.25) is 0 Å². The van der Waals surface area contributed by atoms with Crippen molar-refractivity contribution < 1.29 is 9.53 Å².